The molecule has 0 saturated carbocycles. The van der Waals surface area contributed by atoms with Gasteiger partial charge >= 0.3 is 12.1 Å². The molecule has 1 amide bonds. The van der Waals surface area contributed by atoms with Crippen molar-refractivity contribution >= 4 is 39.9 Å². The number of ether oxygens (including phenoxy) is 3. The topological polar surface area (TPSA) is 99.6 Å². The molecule has 0 aliphatic rings. The number of rotatable bonds is 8. The molecule has 1 N–H and O–H groups in total. The monoisotopic (exact) mass is 533 g/mol. The van der Waals surface area contributed by atoms with Crippen LogP contribution < -0.4 is 14.8 Å². The Bertz CT molecular complexity index is 1220. The molecule has 0 saturated heterocycles. The summed E-state index contributed by atoms with van der Waals surface area (Å²) in [4.78, 5) is 30.5. The molecule has 0 fully saturated rings. The average Bonchev–Trinajstić information content (AvgIpc) is 3.21. The zero-order valence-corrected chi connectivity index (χ0v) is 19.6. The number of pyridine rings is 1. The Hall–Kier alpha value is -3.45. The highest BCUT2D eigenvalue weighted by molar-refractivity contribution is 7.17. The van der Waals surface area contributed by atoms with Crippen molar-refractivity contribution in [2.45, 2.75) is 26.1 Å². The van der Waals surface area contributed by atoms with Gasteiger partial charge in [-0.15, -0.1) is 0 Å². The second kappa shape index (κ2) is 10.9. The smallest absolute Gasteiger partial charge is 0.435 e. The first-order valence-corrected chi connectivity index (χ1v) is 11.0. The van der Waals surface area contributed by atoms with Crippen LogP contribution in [0, 0.1) is 5.82 Å². The van der Waals surface area contributed by atoms with Crippen LogP contribution in [0.4, 0.5) is 22.7 Å². The van der Waals surface area contributed by atoms with E-state index in [0.717, 1.165) is 6.07 Å². The summed E-state index contributed by atoms with van der Waals surface area (Å²) in [7, 11) is 0. The fraction of sp³-hybridized carbons (Fsp3) is 0.238. The van der Waals surface area contributed by atoms with Gasteiger partial charge in [0.05, 0.1) is 11.6 Å². The Labute approximate surface area is 204 Å². The highest BCUT2D eigenvalue weighted by Gasteiger charge is 2.40. The summed E-state index contributed by atoms with van der Waals surface area (Å²) in [6.45, 7) is 2.67. The van der Waals surface area contributed by atoms with Crippen LogP contribution in [0.2, 0.25) is 5.02 Å². The van der Waals surface area contributed by atoms with Crippen molar-refractivity contribution in [1.82, 2.24) is 9.97 Å². The molecule has 3 aromatic rings. The number of hydrogen-bond acceptors (Lipinski definition) is 8. The van der Waals surface area contributed by atoms with E-state index in [1.54, 1.807) is 0 Å². The number of halogens is 5. The Balaban J connectivity index is 1.65. The summed E-state index contributed by atoms with van der Waals surface area (Å²) in [5, 5.41) is 1.86. The molecule has 35 heavy (non-hydrogen) atoms. The zero-order valence-electron chi connectivity index (χ0n) is 18.0. The molecule has 14 heteroatoms. The Kier molecular flexibility index (Phi) is 8.12. The third-order valence-corrected chi connectivity index (χ3v) is 5.24. The van der Waals surface area contributed by atoms with Crippen LogP contribution in [0.1, 0.15) is 29.2 Å². The number of hydrogen-bond donors (Lipinski definition) is 1. The van der Waals surface area contributed by atoms with Crippen molar-refractivity contribution in [3.63, 3.8) is 0 Å². The summed E-state index contributed by atoms with van der Waals surface area (Å²) >= 11 is 5.98. The molecule has 1 atom stereocenters. The number of carbonyl (C=O) groups is 2. The number of alkyl halides is 3. The third-order valence-electron chi connectivity index (χ3n) is 4.08. The fourth-order valence-electron chi connectivity index (χ4n) is 2.54. The number of esters is 1. The van der Waals surface area contributed by atoms with Crippen molar-refractivity contribution in [2.24, 2.45) is 0 Å². The third kappa shape index (κ3) is 6.79. The molecule has 8 nitrogen and oxygen atoms in total. The molecule has 0 aliphatic heterocycles. The Morgan fingerprint density at radius 2 is 1.86 bits per heavy atom. The molecule has 0 spiro atoms. The van der Waals surface area contributed by atoms with Gasteiger partial charge in [0.25, 0.3) is 11.8 Å². The number of aromatic nitrogens is 2. The molecule has 0 aliphatic carbocycles. The van der Waals surface area contributed by atoms with Gasteiger partial charge < -0.3 is 14.2 Å². The van der Waals surface area contributed by atoms with Crippen molar-refractivity contribution in [2.75, 3.05) is 11.9 Å². The first-order chi connectivity index (χ1) is 16.5. The van der Waals surface area contributed by atoms with Gasteiger partial charge in [-0.25, -0.2) is 19.2 Å². The minimum absolute atomic E-state index is 0.107. The van der Waals surface area contributed by atoms with Gasteiger partial charge in [-0.05, 0) is 44.2 Å². The summed E-state index contributed by atoms with van der Waals surface area (Å²) in [6, 6.07) is 6.75. The number of nitrogens with zero attached hydrogens (tertiary/aromatic N) is 2. The van der Waals surface area contributed by atoms with Gasteiger partial charge in [0.2, 0.25) is 0 Å². The molecular formula is C21H16ClF4N3O5S. The number of nitrogens with one attached hydrogen (secondary N) is 1. The molecule has 0 radical (unpaired) electrons. The normalized spacial score (nSPS) is 12.1. The molecule has 186 valence electrons. The van der Waals surface area contributed by atoms with E-state index in [2.05, 4.69) is 20.0 Å². The maximum absolute atomic E-state index is 13.8. The van der Waals surface area contributed by atoms with Gasteiger partial charge in [0, 0.05) is 6.20 Å². The van der Waals surface area contributed by atoms with Crippen LogP contribution in [-0.4, -0.2) is 34.6 Å². The van der Waals surface area contributed by atoms with Crippen LogP contribution >= 0.6 is 22.9 Å². The number of carbonyl (C=O) groups excluding carboxylic acids is 2. The molecule has 2 heterocycles. The minimum Gasteiger partial charge on any atom is -0.481 e. The van der Waals surface area contributed by atoms with E-state index >= 15 is 0 Å². The Morgan fingerprint density at radius 1 is 1.20 bits per heavy atom. The number of anilines is 1. The van der Waals surface area contributed by atoms with Crippen molar-refractivity contribution in [3.8, 4) is 17.4 Å². The van der Waals surface area contributed by atoms with Crippen LogP contribution in [0.25, 0.3) is 0 Å². The molecule has 3 rings (SSSR count). The summed E-state index contributed by atoms with van der Waals surface area (Å²) < 4.78 is 68.8. The zero-order chi connectivity index (χ0) is 25.8. The largest absolute Gasteiger partial charge is 0.481 e. The van der Waals surface area contributed by atoms with E-state index in [1.807, 2.05) is 0 Å². The summed E-state index contributed by atoms with van der Waals surface area (Å²) in [6.07, 6.45) is -4.85. The number of benzene rings is 1. The second-order valence-electron chi connectivity index (χ2n) is 6.68. The average molecular weight is 534 g/mol. The lowest BCUT2D eigenvalue weighted by molar-refractivity contribution is -0.141. The van der Waals surface area contributed by atoms with E-state index in [-0.39, 0.29) is 29.0 Å². The van der Waals surface area contributed by atoms with E-state index in [1.165, 1.54) is 44.3 Å². The highest BCUT2D eigenvalue weighted by atomic mass is 35.5. The summed E-state index contributed by atoms with van der Waals surface area (Å²) in [5.41, 5.74) is -1.45. The molecule has 0 unspecified atom stereocenters. The van der Waals surface area contributed by atoms with Crippen LogP contribution in [0.15, 0.2) is 36.5 Å². The SMILES string of the molecule is CCOC(=O)c1sc(NC(=O)[C@@H](C)Oc2ccc(Oc3ncc(Cl)cc3F)cc2)nc1C(F)(F)F. The summed E-state index contributed by atoms with van der Waals surface area (Å²) in [5.74, 6) is -2.62. The Morgan fingerprint density at radius 3 is 2.46 bits per heavy atom. The van der Waals surface area contributed by atoms with Gasteiger partial charge in [0.1, 0.15) is 16.4 Å². The second-order valence-corrected chi connectivity index (χ2v) is 8.11. The van der Waals surface area contributed by atoms with Gasteiger partial charge in [-0.3, -0.25) is 10.1 Å². The minimum atomic E-state index is -4.92. The van der Waals surface area contributed by atoms with Gasteiger partial charge in [0.15, 0.2) is 22.7 Å². The van der Waals surface area contributed by atoms with Gasteiger partial charge in [-0.1, -0.05) is 22.9 Å². The van der Waals surface area contributed by atoms with Crippen molar-refractivity contribution < 1.29 is 41.4 Å². The van der Waals surface area contributed by atoms with Crippen LogP contribution in [-0.2, 0) is 15.7 Å². The molecule has 1 aromatic carbocycles. The predicted molar refractivity (Wildman–Crippen MR) is 118 cm³/mol. The van der Waals surface area contributed by atoms with E-state index < -0.39 is 45.7 Å². The van der Waals surface area contributed by atoms with E-state index in [0.29, 0.717) is 11.3 Å². The van der Waals surface area contributed by atoms with Crippen molar-refractivity contribution in [3.05, 3.63) is 57.9 Å². The maximum Gasteiger partial charge on any atom is 0.435 e. The molecular weight excluding hydrogens is 518 g/mol. The van der Waals surface area contributed by atoms with Crippen LogP contribution in [0.3, 0.4) is 0 Å². The number of thiazole rings is 1. The lowest BCUT2D eigenvalue weighted by Crippen LogP contribution is -2.30. The van der Waals surface area contributed by atoms with E-state index in [9.17, 15) is 27.2 Å². The van der Waals surface area contributed by atoms with E-state index in [4.69, 9.17) is 21.1 Å². The predicted octanol–water partition coefficient (Wildman–Crippen LogP) is 5.72. The lowest BCUT2D eigenvalue weighted by atomic mass is 10.3. The van der Waals surface area contributed by atoms with Crippen molar-refractivity contribution in [1.29, 1.82) is 0 Å². The van der Waals surface area contributed by atoms with Gasteiger partial charge in [-0.2, -0.15) is 13.2 Å². The first kappa shape index (κ1) is 26.2. The number of amides is 1. The maximum atomic E-state index is 13.8. The lowest BCUT2D eigenvalue weighted by Gasteiger charge is -2.14. The standard InChI is InChI=1S/C21H16ClF4N3O5S/c1-3-32-19(31)15-16(21(24,25)26)28-20(35-15)29-17(30)10(2)33-12-4-6-13(7-5-12)34-18-14(23)8-11(22)9-27-18/h4-10H,3H2,1-2H3,(H,28,29,30)/t10-/m1/s1. The quantitative estimate of drug-likeness (QED) is 0.292. The first-order valence-electron chi connectivity index (χ1n) is 9.79. The highest BCUT2D eigenvalue weighted by Crippen LogP contribution is 2.36. The van der Waals surface area contributed by atoms with Crippen LogP contribution in [0.5, 0.6) is 17.4 Å². The molecule has 2 aromatic heterocycles. The fourth-order valence-corrected chi connectivity index (χ4v) is 3.57. The molecule has 0 bridgehead atoms.